The molecule has 1 aromatic rings. The third-order valence-corrected chi connectivity index (χ3v) is 4.23. The first kappa shape index (κ1) is 12.7. The fourth-order valence-electron chi connectivity index (χ4n) is 2.46. The van der Waals surface area contributed by atoms with Crippen molar-refractivity contribution >= 4 is 16.5 Å². The van der Waals surface area contributed by atoms with Gasteiger partial charge in [0.2, 0.25) is 0 Å². The van der Waals surface area contributed by atoms with Crippen molar-refractivity contribution < 1.29 is 5.11 Å². The molecule has 1 aliphatic carbocycles. The van der Waals surface area contributed by atoms with Crippen LogP contribution in [0.5, 0.6) is 0 Å². The number of rotatable bonds is 4. The van der Waals surface area contributed by atoms with Crippen LogP contribution in [0.15, 0.2) is 0 Å². The first-order chi connectivity index (χ1) is 8.22. The molecule has 0 radical (unpaired) electrons. The van der Waals surface area contributed by atoms with Crippen LogP contribution in [-0.2, 0) is 6.54 Å². The molecule has 2 unspecified atom stereocenters. The monoisotopic (exact) mass is 256 g/mol. The van der Waals surface area contributed by atoms with E-state index in [4.69, 9.17) is 0 Å². The van der Waals surface area contributed by atoms with E-state index in [-0.39, 0.29) is 12.1 Å². The van der Waals surface area contributed by atoms with Crippen LogP contribution in [0.3, 0.4) is 0 Å². The molecule has 1 saturated carbocycles. The molecule has 0 aromatic carbocycles. The molecule has 6 heteroatoms. The van der Waals surface area contributed by atoms with Gasteiger partial charge in [0, 0.05) is 31.2 Å². The molecule has 1 aromatic heterocycles. The zero-order valence-electron chi connectivity index (χ0n) is 10.4. The highest BCUT2D eigenvalue weighted by atomic mass is 32.1. The molecule has 1 heterocycles. The largest absolute Gasteiger partial charge is 0.391 e. The summed E-state index contributed by atoms with van der Waals surface area (Å²) in [6.45, 7) is 0.744. The van der Waals surface area contributed by atoms with E-state index in [1.165, 1.54) is 18.0 Å². The van der Waals surface area contributed by atoms with E-state index in [0.717, 1.165) is 36.5 Å². The van der Waals surface area contributed by atoms with E-state index in [1.54, 1.807) is 0 Å². The van der Waals surface area contributed by atoms with Crippen molar-refractivity contribution in [2.45, 2.75) is 44.4 Å². The third-order valence-electron chi connectivity index (χ3n) is 3.44. The van der Waals surface area contributed by atoms with Crippen molar-refractivity contribution in [3.05, 3.63) is 5.69 Å². The van der Waals surface area contributed by atoms with Gasteiger partial charge in [0.05, 0.1) is 6.10 Å². The second-order valence-corrected chi connectivity index (χ2v) is 5.39. The fraction of sp³-hybridized carbons (Fsp3) is 0.818. The zero-order chi connectivity index (χ0) is 12.3. The fourth-order valence-corrected chi connectivity index (χ4v) is 2.98. The standard InChI is InChI=1S/C11H20N4OS/c1-12-11-8(13-14-17-11)7-15(2)9-5-3-4-6-10(9)16/h9-10,12,16H,3-7H2,1-2H3. The molecule has 0 saturated heterocycles. The SMILES string of the molecule is CNc1snnc1CN(C)C1CCCCC1O. The van der Waals surface area contributed by atoms with Gasteiger partial charge in [0.25, 0.3) is 0 Å². The van der Waals surface area contributed by atoms with Gasteiger partial charge < -0.3 is 10.4 Å². The normalized spacial score (nSPS) is 25.2. The Morgan fingerprint density at radius 1 is 1.47 bits per heavy atom. The molecular formula is C11H20N4OS. The number of likely N-dealkylation sites (N-methyl/N-ethyl adjacent to an activating group) is 1. The van der Waals surface area contributed by atoms with E-state index < -0.39 is 0 Å². The van der Waals surface area contributed by atoms with Crippen LogP contribution in [0.1, 0.15) is 31.4 Å². The summed E-state index contributed by atoms with van der Waals surface area (Å²) in [6, 6.07) is 0.259. The molecule has 0 spiro atoms. The summed E-state index contributed by atoms with van der Waals surface area (Å²) in [6.07, 6.45) is 4.15. The van der Waals surface area contributed by atoms with Crippen LogP contribution < -0.4 is 5.32 Å². The average Bonchev–Trinajstić information content (AvgIpc) is 2.76. The molecule has 0 amide bonds. The summed E-state index contributed by atoms with van der Waals surface area (Å²) < 4.78 is 3.95. The number of hydrogen-bond acceptors (Lipinski definition) is 6. The summed E-state index contributed by atoms with van der Waals surface area (Å²) in [5, 5.41) is 18.2. The Bertz CT molecular complexity index is 357. The minimum atomic E-state index is -0.196. The highest BCUT2D eigenvalue weighted by Crippen LogP contribution is 2.25. The Morgan fingerprint density at radius 2 is 2.24 bits per heavy atom. The van der Waals surface area contributed by atoms with Gasteiger partial charge in [-0.05, 0) is 19.9 Å². The topological polar surface area (TPSA) is 61.3 Å². The lowest BCUT2D eigenvalue weighted by atomic mass is 9.91. The van der Waals surface area contributed by atoms with Crippen molar-refractivity contribution in [3.63, 3.8) is 0 Å². The van der Waals surface area contributed by atoms with E-state index in [2.05, 4.69) is 26.9 Å². The lowest BCUT2D eigenvalue weighted by molar-refractivity contribution is 0.0284. The van der Waals surface area contributed by atoms with Crippen LogP contribution in [-0.4, -0.2) is 45.8 Å². The Morgan fingerprint density at radius 3 is 2.94 bits per heavy atom. The Hall–Kier alpha value is -0.720. The minimum absolute atomic E-state index is 0.196. The number of anilines is 1. The molecule has 2 N–H and O–H groups in total. The lowest BCUT2D eigenvalue weighted by Gasteiger charge is -2.34. The molecule has 17 heavy (non-hydrogen) atoms. The van der Waals surface area contributed by atoms with E-state index in [0.29, 0.717) is 0 Å². The van der Waals surface area contributed by atoms with Gasteiger partial charge in [-0.25, -0.2) is 0 Å². The maximum absolute atomic E-state index is 10.0. The molecule has 2 atom stereocenters. The van der Waals surface area contributed by atoms with Crippen LogP contribution in [0.25, 0.3) is 0 Å². The molecule has 96 valence electrons. The van der Waals surface area contributed by atoms with Crippen LogP contribution in [0.4, 0.5) is 5.00 Å². The molecule has 1 aliphatic rings. The van der Waals surface area contributed by atoms with Gasteiger partial charge in [0.15, 0.2) is 0 Å². The highest BCUT2D eigenvalue weighted by Gasteiger charge is 2.27. The number of aromatic nitrogens is 2. The van der Waals surface area contributed by atoms with Gasteiger partial charge in [0.1, 0.15) is 10.7 Å². The molecule has 0 bridgehead atoms. The Balaban J connectivity index is 1.98. The Kier molecular flexibility index (Phi) is 4.31. The van der Waals surface area contributed by atoms with Crippen LogP contribution in [0, 0.1) is 0 Å². The molecular weight excluding hydrogens is 236 g/mol. The third kappa shape index (κ3) is 2.94. The number of nitrogens with one attached hydrogen (secondary N) is 1. The second kappa shape index (κ2) is 5.75. The number of nitrogens with zero attached hydrogens (tertiary/aromatic N) is 3. The number of aliphatic hydroxyl groups excluding tert-OH is 1. The van der Waals surface area contributed by atoms with Gasteiger partial charge in [-0.15, -0.1) is 5.10 Å². The predicted octanol–water partition coefficient (Wildman–Crippen LogP) is 1.32. The summed E-state index contributed by atoms with van der Waals surface area (Å²) in [5.74, 6) is 0. The highest BCUT2D eigenvalue weighted by molar-refractivity contribution is 7.10. The molecule has 1 fully saturated rings. The van der Waals surface area contributed by atoms with E-state index >= 15 is 0 Å². The molecule has 0 aliphatic heterocycles. The van der Waals surface area contributed by atoms with Gasteiger partial charge in [-0.1, -0.05) is 17.3 Å². The maximum Gasteiger partial charge on any atom is 0.134 e. The molecule has 2 rings (SSSR count). The van der Waals surface area contributed by atoms with E-state index in [9.17, 15) is 5.11 Å². The quantitative estimate of drug-likeness (QED) is 0.850. The van der Waals surface area contributed by atoms with E-state index in [1.807, 2.05) is 7.05 Å². The maximum atomic E-state index is 10.0. The summed E-state index contributed by atoms with van der Waals surface area (Å²) in [5.41, 5.74) is 0.970. The predicted molar refractivity (Wildman–Crippen MR) is 69.2 cm³/mol. The summed E-state index contributed by atoms with van der Waals surface area (Å²) in [7, 11) is 3.94. The smallest absolute Gasteiger partial charge is 0.134 e. The van der Waals surface area contributed by atoms with Gasteiger partial charge in [-0.3, -0.25) is 4.90 Å². The van der Waals surface area contributed by atoms with Gasteiger partial charge in [-0.2, -0.15) is 0 Å². The van der Waals surface area contributed by atoms with Crippen LogP contribution >= 0.6 is 11.5 Å². The van der Waals surface area contributed by atoms with Crippen molar-refractivity contribution in [1.29, 1.82) is 0 Å². The second-order valence-electron chi connectivity index (χ2n) is 4.63. The number of hydrogen-bond donors (Lipinski definition) is 2. The van der Waals surface area contributed by atoms with Crippen molar-refractivity contribution in [2.24, 2.45) is 0 Å². The summed E-state index contributed by atoms with van der Waals surface area (Å²) >= 11 is 1.38. The first-order valence-electron chi connectivity index (χ1n) is 6.09. The van der Waals surface area contributed by atoms with Crippen molar-refractivity contribution in [3.8, 4) is 0 Å². The summed E-state index contributed by atoms with van der Waals surface area (Å²) in [4.78, 5) is 2.20. The van der Waals surface area contributed by atoms with Crippen molar-refractivity contribution in [1.82, 2.24) is 14.5 Å². The molecule has 5 nitrogen and oxygen atoms in total. The first-order valence-corrected chi connectivity index (χ1v) is 6.87. The average molecular weight is 256 g/mol. The number of aliphatic hydroxyl groups is 1. The van der Waals surface area contributed by atoms with Crippen molar-refractivity contribution in [2.75, 3.05) is 19.4 Å². The zero-order valence-corrected chi connectivity index (χ0v) is 11.2. The van der Waals surface area contributed by atoms with Crippen LogP contribution in [0.2, 0.25) is 0 Å². The Labute approximate surface area is 106 Å². The lowest BCUT2D eigenvalue weighted by Crippen LogP contribution is -2.43. The van der Waals surface area contributed by atoms with Gasteiger partial charge >= 0.3 is 0 Å². The minimum Gasteiger partial charge on any atom is -0.391 e.